The van der Waals surface area contributed by atoms with Gasteiger partial charge in [0.2, 0.25) is 0 Å². The molecule has 3 aromatic rings. The monoisotopic (exact) mass is 433 g/mol. The summed E-state index contributed by atoms with van der Waals surface area (Å²) in [6, 6.07) is 12.8. The maximum absolute atomic E-state index is 12.7. The second-order valence-corrected chi connectivity index (χ2v) is 7.14. The van der Waals surface area contributed by atoms with Gasteiger partial charge in [0.1, 0.15) is 5.76 Å². The van der Waals surface area contributed by atoms with Crippen molar-refractivity contribution in [1.82, 2.24) is 5.16 Å². The normalized spacial score (nSPS) is 12.6. The number of aromatic nitrogens is 1. The van der Waals surface area contributed by atoms with Gasteiger partial charge in [0.25, 0.3) is 17.7 Å². The number of rotatable bonds is 6. The Morgan fingerprint density at radius 2 is 1.81 bits per heavy atom. The zero-order chi connectivity index (χ0) is 22.8. The zero-order valence-corrected chi connectivity index (χ0v) is 17.4. The van der Waals surface area contributed by atoms with Crippen molar-refractivity contribution in [2.45, 2.75) is 20.3 Å². The number of hydrogen-bond donors (Lipinski definition) is 1. The molecule has 1 aliphatic heterocycles. The SMILES string of the molecule is CCc1ccccc1NC(=O)COC(=O)c1ccc2c(c1)C(=O)N(c1cc(C)on1)C2=O. The smallest absolute Gasteiger partial charge is 0.338 e. The molecular weight excluding hydrogens is 414 g/mol. The van der Waals surface area contributed by atoms with E-state index < -0.39 is 30.3 Å². The summed E-state index contributed by atoms with van der Waals surface area (Å²) >= 11 is 0. The molecule has 0 saturated carbocycles. The fourth-order valence-electron chi connectivity index (χ4n) is 3.39. The summed E-state index contributed by atoms with van der Waals surface area (Å²) in [6.07, 6.45) is 0.739. The number of fused-ring (bicyclic) bond motifs is 1. The van der Waals surface area contributed by atoms with E-state index in [-0.39, 0.29) is 22.5 Å². The molecule has 9 nitrogen and oxygen atoms in total. The number of hydrogen-bond acceptors (Lipinski definition) is 7. The van der Waals surface area contributed by atoms with E-state index in [1.807, 2.05) is 19.1 Å². The largest absolute Gasteiger partial charge is 0.452 e. The van der Waals surface area contributed by atoms with Crippen LogP contribution in [-0.4, -0.2) is 35.5 Å². The molecule has 0 saturated heterocycles. The second kappa shape index (κ2) is 8.46. The number of aryl methyl sites for hydroxylation is 2. The van der Waals surface area contributed by atoms with Crippen LogP contribution in [0.3, 0.4) is 0 Å². The van der Waals surface area contributed by atoms with Crippen LogP contribution < -0.4 is 10.2 Å². The maximum atomic E-state index is 12.7. The number of nitrogens with one attached hydrogen (secondary N) is 1. The van der Waals surface area contributed by atoms with Gasteiger partial charge >= 0.3 is 5.97 Å². The number of ether oxygens (including phenoxy) is 1. The Balaban J connectivity index is 1.44. The molecule has 162 valence electrons. The molecule has 1 N–H and O–H groups in total. The Kier molecular flexibility index (Phi) is 5.55. The van der Waals surface area contributed by atoms with E-state index in [0.717, 1.165) is 16.9 Å². The second-order valence-electron chi connectivity index (χ2n) is 7.14. The van der Waals surface area contributed by atoms with Gasteiger partial charge in [-0.05, 0) is 43.2 Å². The Morgan fingerprint density at radius 3 is 2.53 bits per heavy atom. The van der Waals surface area contributed by atoms with Gasteiger partial charge < -0.3 is 14.6 Å². The highest BCUT2D eigenvalue weighted by atomic mass is 16.5. The Morgan fingerprint density at radius 1 is 1.06 bits per heavy atom. The van der Waals surface area contributed by atoms with E-state index in [2.05, 4.69) is 10.5 Å². The first-order valence-corrected chi connectivity index (χ1v) is 9.90. The van der Waals surface area contributed by atoms with E-state index >= 15 is 0 Å². The summed E-state index contributed by atoms with van der Waals surface area (Å²) in [5.74, 6) is -1.95. The van der Waals surface area contributed by atoms with Crippen molar-refractivity contribution < 1.29 is 28.4 Å². The average molecular weight is 433 g/mol. The number of nitrogens with zero attached hydrogens (tertiary/aromatic N) is 2. The zero-order valence-electron chi connectivity index (χ0n) is 17.4. The Bertz CT molecular complexity index is 1250. The molecular formula is C23H19N3O6. The fourth-order valence-corrected chi connectivity index (χ4v) is 3.39. The van der Waals surface area contributed by atoms with Crippen molar-refractivity contribution in [1.29, 1.82) is 0 Å². The number of para-hydroxylation sites is 1. The first-order chi connectivity index (χ1) is 15.4. The summed E-state index contributed by atoms with van der Waals surface area (Å²) in [4.78, 5) is 50.8. The van der Waals surface area contributed by atoms with Gasteiger partial charge in [-0.2, -0.15) is 0 Å². The summed E-state index contributed by atoms with van der Waals surface area (Å²) in [5, 5.41) is 6.42. The van der Waals surface area contributed by atoms with E-state index in [0.29, 0.717) is 11.4 Å². The number of amides is 3. The lowest BCUT2D eigenvalue weighted by Gasteiger charge is -2.10. The first-order valence-electron chi connectivity index (χ1n) is 9.90. The van der Waals surface area contributed by atoms with Crippen LogP contribution in [0.1, 0.15) is 49.3 Å². The standard InChI is InChI=1S/C23H19N3O6/c1-3-14-6-4-5-7-18(14)24-20(27)12-31-23(30)15-8-9-16-17(11-15)22(29)26(21(16)28)19-10-13(2)32-25-19/h4-11H,3,12H2,1-2H3,(H,24,27). The van der Waals surface area contributed by atoms with E-state index in [1.165, 1.54) is 24.3 Å². The third-order valence-corrected chi connectivity index (χ3v) is 4.97. The van der Waals surface area contributed by atoms with E-state index in [1.54, 1.807) is 19.1 Å². The van der Waals surface area contributed by atoms with Crippen LogP contribution in [-0.2, 0) is 16.0 Å². The van der Waals surface area contributed by atoms with Gasteiger partial charge in [0.05, 0.1) is 16.7 Å². The van der Waals surface area contributed by atoms with Crippen molar-refractivity contribution in [3.05, 3.63) is 76.5 Å². The minimum Gasteiger partial charge on any atom is -0.452 e. The summed E-state index contributed by atoms with van der Waals surface area (Å²) in [6.45, 7) is 3.11. The minimum atomic E-state index is -0.789. The quantitative estimate of drug-likeness (QED) is 0.468. The summed E-state index contributed by atoms with van der Waals surface area (Å²) in [5.41, 5.74) is 1.85. The van der Waals surface area contributed by atoms with Crippen LogP contribution in [0.2, 0.25) is 0 Å². The lowest BCUT2D eigenvalue weighted by Crippen LogP contribution is -2.29. The third-order valence-electron chi connectivity index (χ3n) is 4.97. The van der Waals surface area contributed by atoms with Gasteiger partial charge in [0, 0.05) is 11.8 Å². The van der Waals surface area contributed by atoms with Crippen LogP contribution >= 0.6 is 0 Å². The first kappa shape index (κ1) is 21.0. The average Bonchev–Trinajstić information content (AvgIpc) is 3.32. The lowest BCUT2D eigenvalue weighted by atomic mass is 10.1. The molecule has 1 aliphatic rings. The van der Waals surface area contributed by atoms with Crippen LogP contribution in [0, 0.1) is 6.92 Å². The molecule has 0 radical (unpaired) electrons. The number of anilines is 2. The highest BCUT2D eigenvalue weighted by Crippen LogP contribution is 2.29. The molecule has 32 heavy (non-hydrogen) atoms. The van der Waals surface area contributed by atoms with E-state index in [4.69, 9.17) is 9.26 Å². The molecule has 4 rings (SSSR count). The van der Waals surface area contributed by atoms with Crippen molar-refractivity contribution in [2.24, 2.45) is 0 Å². The van der Waals surface area contributed by atoms with Crippen LogP contribution in [0.15, 0.2) is 53.1 Å². The molecule has 0 unspecified atom stereocenters. The lowest BCUT2D eigenvalue weighted by molar-refractivity contribution is -0.119. The minimum absolute atomic E-state index is 0.0461. The molecule has 1 aromatic heterocycles. The van der Waals surface area contributed by atoms with Crippen molar-refractivity contribution in [2.75, 3.05) is 16.8 Å². The Labute approximate surface area is 182 Å². The number of carbonyl (C=O) groups excluding carboxylic acids is 4. The fraction of sp³-hybridized carbons (Fsp3) is 0.174. The summed E-state index contributed by atoms with van der Waals surface area (Å²) in [7, 11) is 0. The molecule has 0 spiro atoms. The molecule has 0 aliphatic carbocycles. The maximum Gasteiger partial charge on any atom is 0.338 e. The number of esters is 1. The summed E-state index contributed by atoms with van der Waals surface area (Å²) < 4.78 is 10.0. The highest BCUT2D eigenvalue weighted by Gasteiger charge is 2.38. The predicted octanol–water partition coefficient (Wildman–Crippen LogP) is 3.14. The van der Waals surface area contributed by atoms with Crippen molar-refractivity contribution in [3.63, 3.8) is 0 Å². The topological polar surface area (TPSA) is 119 Å². The van der Waals surface area contributed by atoms with Crippen LogP contribution in [0.25, 0.3) is 0 Å². The van der Waals surface area contributed by atoms with Gasteiger partial charge in [-0.15, -0.1) is 0 Å². The van der Waals surface area contributed by atoms with Gasteiger partial charge in [0.15, 0.2) is 12.4 Å². The molecule has 9 heteroatoms. The Hall–Kier alpha value is -4.27. The molecule has 2 aromatic carbocycles. The van der Waals surface area contributed by atoms with Gasteiger partial charge in [-0.3, -0.25) is 14.4 Å². The number of carbonyl (C=O) groups is 4. The highest BCUT2D eigenvalue weighted by molar-refractivity contribution is 6.34. The molecule has 0 bridgehead atoms. The van der Waals surface area contributed by atoms with Crippen LogP contribution in [0.4, 0.5) is 11.5 Å². The molecule has 0 fully saturated rings. The molecule has 0 atom stereocenters. The molecule has 2 heterocycles. The van der Waals surface area contributed by atoms with Gasteiger partial charge in [-0.25, -0.2) is 9.69 Å². The third kappa shape index (κ3) is 3.87. The van der Waals surface area contributed by atoms with E-state index in [9.17, 15) is 19.2 Å². The van der Waals surface area contributed by atoms with Crippen LogP contribution in [0.5, 0.6) is 0 Å². The molecule has 3 amide bonds. The predicted molar refractivity (Wildman–Crippen MR) is 114 cm³/mol. The van der Waals surface area contributed by atoms with Crippen molar-refractivity contribution >= 4 is 35.2 Å². The van der Waals surface area contributed by atoms with Gasteiger partial charge in [-0.1, -0.05) is 30.3 Å². The van der Waals surface area contributed by atoms with Crippen molar-refractivity contribution in [3.8, 4) is 0 Å². The number of benzene rings is 2. The number of imide groups is 1.